The van der Waals surface area contributed by atoms with Gasteiger partial charge >= 0.3 is 0 Å². The normalized spacial score (nSPS) is 13.5. The maximum absolute atomic E-state index is 12.9. The summed E-state index contributed by atoms with van der Waals surface area (Å²) in [7, 11) is 0. The molecule has 2 heterocycles. The van der Waals surface area contributed by atoms with E-state index in [1.165, 1.54) is 0 Å². The summed E-state index contributed by atoms with van der Waals surface area (Å²) in [4.78, 5) is 31.8. The standard InChI is InChI=1S/C20H19N3O2S2/c21-19(25)14-5-3-13(4-6-14)11-23(16-7-8-16)18(24)10-15-12-27-20(22-15)17-2-1-9-26-17/h1-6,9,12,16H,7-8,10-11H2,(H2,21,25). The van der Waals surface area contributed by atoms with Gasteiger partial charge < -0.3 is 10.6 Å². The maximum Gasteiger partial charge on any atom is 0.248 e. The monoisotopic (exact) mass is 397 g/mol. The van der Waals surface area contributed by atoms with Crippen molar-refractivity contribution in [3.05, 3.63) is 64.0 Å². The van der Waals surface area contributed by atoms with Crippen LogP contribution in [0.1, 0.15) is 34.5 Å². The lowest BCUT2D eigenvalue weighted by atomic mass is 10.1. The van der Waals surface area contributed by atoms with Crippen molar-refractivity contribution in [2.75, 3.05) is 0 Å². The Bertz CT molecular complexity index is 944. The van der Waals surface area contributed by atoms with Crippen molar-refractivity contribution in [1.82, 2.24) is 9.88 Å². The number of thiophene rings is 1. The molecule has 0 spiro atoms. The molecule has 5 nitrogen and oxygen atoms in total. The molecule has 2 amide bonds. The van der Waals surface area contributed by atoms with Crippen molar-refractivity contribution in [3.8, 4) is 9.88 Å². The third-order valence-electron chi connectivity index (χ3n) is 4.52. The third-order valence-corrected chi connectivity index (χ3v) is 6.45. The summed E-state index contributed by atoms with van der Waals surface area (Å²) in [6.45, 7) is 0.546. The minimum Gasteiger partial charge on any atom is -0.366 e. The van der Waals surface area contributed by atoms with Crippen LogP contribution < -0.4 is 5.73 Å². The molecular weight excluding hydrogens is 378 g/mol. The molecule has 138 valence electrons. The number of carbonyl (C=O) groups excluding carboxylic acids is 2. The lowest BCUT2D eigenvalue weighted by Crippen LogP contribution is -2.33. The minimum atomic E-state index is -0.443. The molecule has 0 atom stereocenters. The first-order valence-electron chi connectivity index (χ1n) is 8.76. The molecule has 0 bridgehead atoms. The summed E-state index contributed by atoms with van der Waals surface area (Å²) in [6.07, 6.45) is 2.41. The van der Waals surface area contributed by atoms with Gasteiger partial charge in [0.1, 0.15) is 5.01 Å². The second-order valence-corrected chi connectivity index (χ2v) is 8.42. The highest BCUT2D eigenvalue weighted by Crippen LogP contribution is 2.31. The summed E-state index contributed by atoms with van der Waals surface area (Å²) >= 11 is 3.23. The molecule has 0 aliphatic heterocycles. The van der Waals surface area contributed by atoms with E-state index in [1.54, 1.807) is 34.8 Å². The fraction of sp³-hybridized carbons (Fsp3) is 0.250. The number of nitrogens with two attached hydrogens (primary N) is 1. The van der Waals surface area contributed by atoms with Gasteiger partial charge in [0.15, 0.2) is 0 Å². The predicted octanol–water partition coefficient (Wildman–Crippen LogP) is 3.70. The number of thiazole rings is 1. The zero-order chi connectivity index (χ0) is 18.8. The Kier molecular flexibility index (Phi) is 5.05. The molecule has 0 saturated heterocycles. The topological polar surface area (TPSA) is 76.3 Å². The minimum absolute atomic E-state index is 0.0968. The largest absolute Gasteiger partial charge is 0.366 e. The van der Waals surface area contributed by atoms with Crippen LogP contribution in [0.15, 0.2) is 47.2 Å². The maximum atomic E-state index is 12.9. The van der Waals surface area contributed by atoms with Crippen LogP contribution >= 0.6 is 22.7 Å². The van der Waals surface area contributed by atoms with E-state index in [0.717, 1.165) is 34.0 Å². The van der Waals surface area contributed by atoms with Crippen LogP contribution in [0.3, 0.4) is 0 Å². The Morgan fingerprint density at radius 1 is 1.15 bits per heavy atom. The van der Waals surface area contributed by atoms with Crippen LogP contribution in [-0.4, -0.2) is 27.7 Å². The zero-order valence-corrected chi connectivity index (χ0v) is 16.3. The average molecular weight is 398 g/mol. The molecule has 2 aromatic heterocycles. The van der Waals surface area contributed by atoms with Gasteiger partial charge in [-0.3, -0.25) is 9.59 Å². The van der Waals surface area contributed by atoms with Crippen molar-refractivity contribution in [3.63, 3.8) is 0 Å². The lowest BCUT2D eigenvalue weighted by molar-refractivity contribution is -0.131. The van der Waals surface area contributed by atoms with Crippen LogP contribution in [0.4, 0.5) is 0 Å². The zero-order valence-electron chi connectivity index (χ0n) is 14.6. The molecule has 3 aromatic rings. The van der Waals surface area contributed by atoms with E-state index in [1.807, 2.05) is 39.9 Å². The lowest BCUT2D eigenvalue weighted by Gasteiger charge is -2.22. The quantitative estimate of drug-likeness (QED) is 0.660. The smallest absolute Gasteiger partial charge is 0.248 e. The van der Waals surface area contributed by atoms with Crippen LogP contribution in [0.25, 0.3) is 9.88 Å². The number of nitrogens with zero attached hydrogens (tertiary/aromatic N) is 2. The van der Waals surface area contributed by atoms with Crippen molar-refractivity contribution < 1.29 is 9.59 Å². The average Bonchev–Trinajstić information content (AvgIpc) is 3.15. The molecule has 0 unspecified atom stereocenters. The van der Waals surface area contributed by atoms with Crippen molar-refractivity contribution in [2.24, 2.45) is 5.73 Å². The number of benzene rings is 1. The first-order valence-corrected chi connectivity index (χ1v) is 10.5. The van der Waals surface area contributed by atoms with Gasteiger partial charge in [-0.15, -0.1) is 22.7 Å². The molecule has 2 N–H and O–H groups in total. The van der Waals surface area contributed by atoms with Gasteiger partial charge in [-0.1, -0.05) is 18.2 Å². The molecule has 4 rings (SSSR count). The first-order chi connectivity index (χ1) is 13.1. The molecule has 1 aliphatic rings. The van der Waals surface area contributed by atoms with Crippen LogP contribution in [-0.2, 0) is 17.8 Å². The Morgan fingerprint density at radius 3 is 2.56 bits per heavy atom. The van der Waals surface area contributed by atoms with Crippen molar-refractivity contribution in [1.29, 1.82) is 0 Å². The first kappa shape index (κ1) is 17.9. The summed E-state index contributed by atoms with van der Waals surface area (Å²) in [5.74, 6) is -0.346. The summed E-state index contributed by atoms with van der Waals surface area (Å²) in [6, 6.07) is 11.5. The predicted molar refractivity (Wildman–Crippen MR) is 108 cm³/mol. The fourth-order valence-electron chi connectivity index (χ4n) is 2.94. The van der Waals surface area contributed by atoms with E-state index in [2.05, 4.69) is 4.98 Å². The van der Waals surface area contributed by atoms with Crippen LogP contribution in [0.5, 0.6) is 0 Å². The second kappa shape index (κ2) is 7.62. The summed E-state index contributed by atoms with van der Waals surface area (Å²) in [5.41, 5.74) is 7.58. The Balaban J connectivity index is 1.44. The number of rotatable bonds is 7. The Labute approximate surface area is 165 Å². The number of hydrogen-bond acceptors (Lipinski definition) is 5. The molecule has 7 heteroatoms. The van der Waals surface area contributed by atoms with Crippen molar-refractivity contribution in [2.45, 2.75) is 31.8 Å². The summed E-state index contributed by atoms with van der Waals surface area (Å²) in [5, 5.41) is 4.97. The molecule has 27 heavy (non-hydrogen) atoms. The number of hydrogen-bond donors (Lipinski definition) is 1. The van der Waals surface area contributed by atoms with Gasteiger partial charge in [0.05, 0.1) is 17.0 Å². The molecule has 1 fully saturated rings. The van der Waals surface area contributed by atoms with Gasteiger partial charge in [-0.05, 0) is 42.0 Å². The molecule has 1 aromatic carbocycles. The fourth-order valence-corrected chi connectivity index (χ4v) is 4.57. The van der Waals surface area contributed by atoms with E-state index in [9.17, 15) is 9.59 Å². The highest BCUT2D eigenvalue weighted by atomic mass is 32.1. The van der Waals surface area contributed by atoms with Gasteiger partial charge in [0, 0.05) is 23.5 Å². The second-order valence-electron chi connectivity index (χ2n) is 6.61. The molecule has 0 radical (unpaired) electrons. The van der Waals surface area contributed by atoms with Crippen LogP contribution in [0.2, 0.25) is 0 Å². The number of carbonyl (C=O) groups is 2. The highest BCUT2D eigenvalue weighted by molar-refractivity contribution is 7.20. The van der Waals surface area contributed by atoms with Crippen LogP contribution in [0, 0.1) is 0 Å². The Hall–Kier alpha value is -2.51. The van der Waals surface area contributed by atoms with Gasteiger partial charge in [0.2, 0.25) is 11.8 Å². The Morgan fingerprint density at radius 2 is 1.93 bits per heavy atom. The SMILES string of the molecule is NC(=O)c1ccc(CN(C(=O)Cc2csc(-c3cccs3)n2)C2CC2)cc1. The van der Waals surface area contributed by atoms with E-state index in [4.69, 9.17) is 5.73 Å². The molecule has 1 aliphatic carbocycles. The van der Waals surface area contributed by atoms with Gasteiger partial charge in [0.25, 0.3) is 0 Å². The number of aromatic nitrogens is 1. The highest BCUT2D eigenvalue weighted by Gasteiger charge is 2.32. The summed E-state index contributed by atoms with van der Waals surface area (Å²) < 4.78 is 0. The molecule has 1 saturated carbocycles. The van der Waals surface area contributed by atoms with E-state index >= 15 is 0 Å². The van der Waals surface area contributed by atoms with E-state index in [0.29, 0.717) is 24.6 Å². The van der Waals surface area contributed by atoms with E-state index < -0.39 is 5.91 Å². The number of primary amides is 1. The van der Waals surface area contributed by atoms with Crippen molar-refractivity contribution >= 4 is 34.5 Å². The van der Waals surface area contributed by atoms with Gasteiger partial charge in [-0.2, -0.15) is 0 Å². The molecular formula is C20H19N3O2S2. The van der Waals surface area contributed by atoms with Gasteiger partial charge in [-0.25, -0.2) is 4.98 Å². The van der Waals surface area contributed by atoms with E-state index in [-0.39, 0.29) is 5.91 Å². The number of amides is 2. The third kappa shape index (κ3) is 4.26.